The van der Waals surface area contributed by atoms with E-state index in [1.807, 2.05) is 13.0 Å². The van der Waals surface area contributed by atoms with Gasteiger partial charge in [-0.05, 0) is 24.6 Å². The minimum Gasteiger partial charge on any atom is -0.493 e. The summed E-state index contributed by atoms with van der Waals surface area (Å²) in [6.07, 6.45) is 0. The molecule has 2 aromatic rings. The maximum atomic E-state index is 9.12. The molecule has 2 rings (SSSR count). The van der Waals surface area contributed by atoms with Crippen LogP contribution in [-0.2, 0) is 0 Å². The standard InChI is InChI=1S/C15H16N2O3S/c1-8-12(17)11(7-16)21-15(8)9-5-6-10(18-2)14(20-4)13(9)19-3/h5-6H,17H2,1-4H3. The Balaban J connectivity index is 2.73. The van der Waals surface area contributed by atoms with Crippen LogP contribution in [0.15, 0.2) is 12.1 Å². The van der Waals surface area contributed by atoms with Gasteiger partial charge in [-0.2, -0.15) is 5.26 Å². The number of nitriles is 1. The maximum absolute atomic E-state index is 9.12. The van der Waals surface area contributed by atoms with E-state index in [4.69, 9.17) is 25.2 Å². The molecule has 0 fully saturated rings. The van der Waals surface area contributed by atoms with Crippen molar-refractivity contribution in [2.45, 2.75) is 6.92 Å². The van der Waals surface area contributed by atoms with Gasteiger partial charge < -0.3 is 19.9 Å². The molecule has 1 aromatic carbocycles. The second-order valence-electron chi connectivity index (χ2n) is 4.29. The van der Waals surface area contributed by atoms with Crippen molar-refractivity contribution in [2.24, 2.45) is 0 Å². The van der Waals surface area contributed by atoms with Gasteiger partial charge in [0.2, 0.25) is 5.75 Å². The summed E-state index contributed by atoms with van der Waals surface area (Å²) in [5.74, 6) is 1.66. The third-order valence-corrected chi connectivity index (χ3v) is 4.49. The van der Waals surface area contributed by atoms with Crippen molar-refractivity contribution in [3.05, 3.63) is 22.6 Å². The average Bonchev–Trinajstić information content (AvgIpc) is 2.80. The van der Waals surface area contributed by atoms with E-state index in [0.29, 0.717) is 27.8 Å². The number of hydrogen-bond donors (Lipinski definition) is 1. The number of nitrogens with zero attached hydrogens (tertiary/aromatic N) is 1. The summed E-state index contributed by atoms with van der Waals surface area (Å²) < 4.78 is 16.1. The average molecular weight is 304 g/mol. The number of thiophene rings is 1. The fourth-order valence-electron chi connectivity index (χ4n) is 2.15. The third kappa shape index (κ3) is 2.36. The first kappa shape index (κ1) is 15.0. The molecule has 0 amide bonds. The Labute approximate surface area is 127 Å². The van der Waals surface area contributed by atoms with Crippen LogP contribution in [0, 0.1) is 18.3 Å². The smallest absolute Gasteiger partial charge is 0.203 e. The monoisotopic (exact) mass is 304 g/mol. The topological polar surface area (TPSA) is 77.5 Å². The van der Waals surface area contributed by atoms with Crippen molar-refractivity contribution in [3.8, 4) is 33.8 Å². The number of benzene rings is 1. The molecule has 0 spiro atoms. The van der Waals surface area contributed by atoms with Crippen LogP contribution in [0.5, 0.6) is 17.2 Å². The largest absolute Gasteiger partial charge is 0.493 e. The van der Waals surface area contributed by atoms with Crippen LogP contribution >= 0.6 is 11.3 Å². The summed E-state index contributed by atoms with van der Waals surface area (Å²) in [6.45, 7) is 1.89. The lowest BCUT2D eigenvalue weighted by molar-refractivity contribution is 0.325. The third-order valence-electron chi connectivity index (χ3n) is 3.24. The summed E-state index contributed by atoms with van der Waals surface area (Å²) in [4.78, 5) is 1.39. The fraction of sp³-hybridized carbons (Fsp3) is 0.267. The molecular weight excluding hydrogens is 288 g/mol. The normalized spacial score (nSPS) is 10.0. The Morgan fingerprint density at radius 1 is 1.10 bits per heavy atom. The van der Waals surface area contributed by atoms with Gasteiger partial charge in [-0.25, -0.2) is 0 Å². The van der Waals surface area contributed by atoms with E-state index in [9.17, 15) is 0 Å². The number of methoxy groups -OCH3 is 3. The molecule has 1 aromatic heterocycles. The Morgan fingerprint density at radius 3 is 2.24 bits per heavy atom. The number of rotatable bonds is 4. The minimum absolute atomic E-state index is 0.499. The molecule has 0 atom stereocenters. The first-order valence-corrected chi connectivity index (χ1v) is 6.98. The number of nitrogens with two attached hydrogens (primary N) is 1. The van der Waals surface area contributed by atoms with Gasteiger partial charge in [0.15, 0.2) is 11.5 Å². The van der Waals surface area contributed by atoms with Crippen LogP contribution in [0.3, 0.4) is 0 Å². The molecule has 0 bridgehead atoms. The molecule has 0 aliphatic carbocycles. The van der Waals surface area contributed by atoms with Crippen LogP contribution in [-0.4, -0.2) is 21.3 Å². The number of nitrogen functional groups attached to an aromatic ring is 1. The van der Waals surface area contributed by atoms with Crippen molar-refractivity contribution in [2.75, 3.05) is 27.1 Å². The van der Waals surface area contributed by atoms with E-state index in [1.165, 1.54) is 11.3 Å². The molecule has 0 saturated heterocycles. The molecule has 0 aliphatic rings. The fourth-order valence-corrected chi connectivity index (χ4v) is 3.19. The van der Waals surface area contributed by atoms with Gasteiger partial charge in [0.05, 0.1) is 27.0 Å². The van der Waals surface area contributed by atoms with Gasteiger partial charge in [-0.3, -0.25) is 0 Å². The summed E-state index contributed by atoms with van der Waals surface area (Å²) >= 11 is 1.34. The molecule has 6 heteroatoms. The Bertz CT molecular complexity index is 717. The van der Waals surface area contributed by atoms with E-state index in [-0.39, 0.29) is 0 Å². The van der Waals surface area contributed by atoms with Crippen LogP contribution in [0.25, 0.3) is 10.4 Å². The maximum Gasteiger partial charge on any atom is 0.203 e. The van der Waals surface area contributed by atoms with E-state index < -0.39 is 0 Å². The van der Waals surface area contributed by atoms with Crippen molar-refractivity contribution in [1.82, 2.24) is 0 Å². The molecule has 0 aliphatic heterocycles. The minimum atomic E-state index is 0.499. The molecule has 2 N–H and O–H groups in total. The van der Waals surface area contributed by atoms with E-state index >= 15 is 0 Å². The zero-order chi connectivity index (χ0) is 15.6. The van der Waals surface area contributed by atoms with Crippen molar-refractivity contribution < 1.29 is 14.2 Å². The molecule has 5 nitrogen and oxygen atoms in total. The second kappa shape index (κ2) is 5.94. The lowest BCUT2D eigenvalue weighted by Crippen LogP contribution is -1.97. The highest BCUT2D eigenvalue weighted by Crippen LogP contribution is 2.48. The molecule has 0 radical (unpaired) electrons. The highest BCUT2D eigenvalue weighted by Gasteiger charge is 2.21. The Kier molecular flexibility index (Phi) is 4.24. The van der Waals surface area contributed by atoms with Crippen LogP contribution in [0.1, 0.15) is 10.4 Å². The van der Waals surface area contributed by atoms with Crippen LogP contribution in [0.4, 0.5) is 5.69 Å². The number of anilines is 1. The van der Waals surface area contributed by atoms with Gasteiger partial charge in [-0.1, -0.05) is 0 Å². The quantitative estimate of drug-likeness (QED) is 0.938. The summed E-state index contributed by atoms with van der Waals surface area (Å²) in [6, 6.07) is 5.79. The molecular formula is C15H16N2O3S. The number of hydrogen-bond acceptors (Lipinski definition) is 6. The van der Waals surface area contributed by atoms with Crippen molar-refractivity contribution in [1.29, 1.82) is 5.26 Å². The zero-order valence-corrected chi connectivity index (χ0v) is 13.1. The first-order chi connectivity index (χ1) is 10.1. The molecule has 0 saturated carbocycles. The van der Waals surface area contributed by atoms with E-state index in [0.717, 1.165) is 16.0 Å². The summed E-state index contributed by atoms with van der Waals surface area (Å²) in [7, 11) is 4.69. The van der Waals surface area contributed by atoms with E-state index in [2.05, 4.69) is 6.07 Å². The lowest BCUT2D eigenvalue weighted by atomic mass is 10.1. The SMILES string of the molecule is COc1ccc(-c2sc(C#N)c(N)c2C)c(OC)c1OC. The van der Waals surface area contributed by atoms with Gasteiger partial charge in [-0.15, -0.1) is 11.3 Å². The highest BCUT2D eigenvalue weighted by atomic mass is 32.1. The highest BCUT2D eigenvalue weighted by molar-refractivity contribution is 7.16. The Hall–Kier alpha value is -2.39. The van der Waals surface area contributed by atoms with Crippen molar-refractivity contribution >= 4 is 17.0 Å². The predicted octanol–water partition coefficient (Wildman–Crippen LogP) is 3.20. The lowest BCUT2D eigenvalue weighted by Gasteiger charge is -2.15. The molecule has 21 heavy (non-hydrogen) atoms. The van der Waals surface area contributed by atoms with Gasteiger partial charge in [0.25, 0.3) is 0 Å². The second-order valence-corrected chi connectivity index (χ2v) is 5.31. The van der Waals surface area contributed by atoms with Gasteiger partial charge >= 0.3 is 0 Å². The number of ether oxygens (including phenoxy) is 3. The molecule has 1 heterocycles. The molecule has 110 valence electrons. The molecule has 0 unspecified atom stereocenters. The summed E-state index contributed by atoms with van der Waals surface area (Å²) in [5.41, 5.74) is 8.16. The van der Waals surface area contributed by atoms with Crippen LogP contribution < -0.4 is 19.9 Å². The van der Waals surface area contributed by atoms with Gasteiger partial charge in [0.1, 0.15) is 10.9 Å². The van der Waals surface area contributed by atoms with E-state index in [1.54, 1.807) is 27.4 Å². The zero-order valence-electron chi connectivity index (χ0n) is 12.3. The van der Waals surface area contributed by atoms with Crippen LogP contribution in [0.2, 0.25) is 0 Å². The van der Waals surface area contributed by atoms with Crippen molar-refractivity contribution in [3.63, 3.8) is 0 Å². The summed E-state index contributed by atoms with van der Waals surface area (Å²) in [5, 5.41) is 9.12. The predicted molar refractivity (Wildman–Crippen MR) is 83.3 cm³/mol. The Morgan fingerprint density at radius 2 is 1.76 bits per heavy atom. The first-order valence-electron chi connectivity index (χ1n) is 6.17. The van der Waals surface area contributed by atoms with Gasteiger partial charge in [0, 0.05) is 10.4 Å².